The van der Waals surface area contributed by atoms with Crippen LogP contribution in [0.1, 0.15) is 44.7 Å². The molecule has 3 heterocycles. The molecule has 0 saturated carbocycles. The highest BCUT2D eigenvalue weighted by Gasteiger charge is 2.36. The summed E-state index contributed by atoms with van der Waals surface area (Å²) >= 11 is 12.4. The van der Waals surface area contributed by atoms with Crippen molar-refractivity contribution in [2.45, 2.75) is 39.2 Å². The average molecular weight is 448 g/mol. The Balaban J connectivity index is 1.34. The molecular formula is C23H31Cl2N5. The highest BCUT2D eigenvalue weighted by Crippen LogP contribution is 2.34. The van der Waals surface area contributed by atoms with Crippen LogP contribution in [0, 0.1) is 11.8 Å². The maximum Gasteiger partial charge on any atom is 0.149 e. The summed E-state index contributed by atoms with van der Waals surface area (Å²) in [6, 6.07) is 5.59. The van der Waals surface area contributed by atoms with E-state index in [-0.39, 0.29) is 6.04 Å². The van der Waals surface area contributed by atoms with Crippen molar-refractivity contribution in [1.29, 1.82) is 0 Å². The Morgan fingerprint density at radius 1 is 1.17 bits per heavy atom. The van der Waals surface area contributed by atoms with Crippen LogP contribution in [0.5, 0.6) is 0 Å². The van der Waals surface area contributed by atoms with Crippen LogP contribution in [-0.2, 0) is 0 Å². The van der Waals surface area contributed by atoms with Crippen molar-refractivity contribution >= 4 is 34.8 Å². The molecular weight excluding hydrogens is 417 g/mol. The number of piperidine rings is 1. The molecule has 1 N–H and O–H groups in total. The zero-order chi connectivity index (χ0) is 21.1. The molecule has 2 atom stereocenters. The van der Waals surface area contributed by atoms with Gasteiger partial charge in [0.1, 0.15) is 11.6 Å². The summed E-state index contributed by atoms with van der Waals surface area (Å²) in [5.74, 6) is 3.31. The van der Waals surface area contributed by atoms with Gasteiger partial charge in [0.15, 0.2) is 0 Å². The van der Waals surface area contributed by atoms with Crippen molar-refractivity contribution in [2.75, 3.05) is 42.9 Å². The van der Waals surface area contributed by atoms with E-state index in [0.717, 1.165) is 42.1 Å². The first-order chi connectivity index (χ1) is 14.5. The fourth-order valence-electron chi connectivity index (χ4n) is 4.72. The minimum absolute atomic E-state index is 0.00948. The van der Waals surface area contributed by atoms with Crippen molar-refractivity contribution in [3.8, 4) is 0 Å². The third kappa shape index (κ3) is 5.01. The van der Waals surface area contributed by atoms with Crippen molar-refractivity contribution in [3.05, 3.63) is 46.2 Å². The summed E-state index contributed by atoms with van der Waals surface area (Å²) in [5, 5.41) is 4.72. The topological polar surface area (TPSA) is 44.3 Å². The van der Waals surface area contributed by atoms with Gasteiger partial charge in [-0.15, -0.1) is 0 Å². The van der Waals surface area contributed by atoms with Gasteiger partial charge >= 0.3 is 0 Å². The molecule has 2 saturated heterocycles. The number of nitrogens with zero attached hydrogens (tertiary/aromatic N) is 4. The molecule has 2 aliphatic heterocycles. The van der Waals surface area contributed by atoms with Crippen molar-refractivity contribution in [1.82, 2.24) is 14.9 Å². The number of anilines is 2. The van der Waals surface area contributed by atoms with Gasteiger partial charge in [-0.1, -0.05) is 36.2 Å². The van der Waals surface area contributed by atoms with Crippen LogP contribution in [0.3, 0.4) is 0 Å². The minimum Gasteiger partial charge on any atom is -0.362 e. The van der Waals surface area contributed by atoms with Gasteiger partial charge < -0.3 is 15.1 Å². The molecule has 0 bridgehead atoms. The molecule has 2 aromatic rings. The van der Waals surface area contributed by atoms with Crippen LogP contribution in [0.2, 0.25) is 10.0 Å². The third-order valence-corrected chi connectivity index (χ3v) is 6.96. The average Bonchev–Trinajstić information content (AvgIpc) is 2.68. The first kappa shape index (κ1) is 21.7. The number of benzene rings is 1. The van der Waals surface area contributed by atoms with Crippen LogP contribution >= 0.6 is 23.2 Å². The van der Waals surface area contributed by atoms with E-state index in [9.17, 15) is 0 Å². The maximum atomic E-state index is 6.35. The lowest BCUT2D eigenvalue weighted by Gasteiger charge is -2.47. The van der Waals surface area contributed by atoms with E-state index in [4.69, 9.17) is 28.2 Å². The van der Waals surface area contributed by atoms with Gasteiger partial charge in [-0.05, 0) is 68.8 Å². The van der Waals surface area contributed by atoms with E-state index in [1.807, 2.05) is 18.3 Å². The number of nitrogens with one attached hydrogen (secondary N) is 1. The number of likely N-dealkylation sites (tertiary alicyclic amines) is 1. The Labute approximate surface area is 189 Å². The summed E-state index contributed by atoms with van der Waals surface area (Å²) in [5.41, 5.74) is 0.992. The van der Waals surface area contributed by atoms with Gasteiger partial charge in [0.2, 0.25) is 0 Å². The van der Waals surface area contributed by atoms with Crippen LogP contribution in [0.25, 0.3) is 0 Å². The van der Waals surface area contributed by atoms with Crippen LogP contribution < -0.4 is 10.2 Å². The molecule has 1 aromatic heterocycles. The summed E-state index contributed by atoms with van der Waals surface area (Å²) < 4.78 is 0. The molecule has 0 radical (unpaired) electrons. The number of hydrogen-bond acceptors (Lipinski definition) is 5. The van der Waals surface area contributed by atoms with Crippen LogP contribution in [0.4, 0.5) is 11.6 Å². The number of hydrogen-bond donors (Lipinski definition) is 1. The standard InChI is InChI=1S/C23H31Cl2N5/c1-3-8-29-9-4-5-17(13-29)18-14-30(15-18)23-12-26-11-22(28-23)27-16(2)20-7-6-19(24)10-21(20)25/h6-7,10-12,16-18H,3-5,8-9,13-15H2,1-2H3,(H,27,28). The van der Waals surface area contributed by atoms with Gasteiger partial charge in [-0.25, -0.2) is 4.98 Å². The Kier molecular flexibility index (Phi) is 7.01. The second-order valence-electron chi connectivity index (χ2n) is 8.66. The Morgan fingerprint density at radius 2 is 2.00 bits per heavy atom. The highest BCUT2D eigenvalue weighted by molar-refractivity contribution is 6.35. The molecule has 0 amide bonds. The first-order valence-electron chi connectivity index (χ1n) is 11.0. The summed E-state index contributed by atoms with van der Waals surface area (Å²) in [6.45, 7) is 10.3. The summed E-state index contributed by atoms with van der Waals surface area (Å²) in [7, 11) is 0. The second kappa shape index (κ2) is 9.71. The van der Waals surface area contributed by atoms with E-state index >= 15 is 0 Å². The molecule has 30 heavy (non-hydrogen) atoms. The molecule has 0 aliphatic carbocycles. The Morgan fingerprint density at radius 3 is 2.77 bits per heavy atom. The lowest BCUT2D eigenvalue weighted by atomic mass is 9.80. The van der Waals surface area contributed by atoms with Crippen LogP contribution in [0.15, 0.2) is 30.6 Å². The van der Waals surface area contributed by atoms with Gasteiger partial charge in [0.05, 0.1) is 18.4 Å². The highest BCUT2D eigenvalue weighted by atomic mass is 35.5. The molecule has 7 heteroatoms. The quantitative estimate of drug-likeness (QED) is 0.605. The van der Waals surface area contributed by atoms with E-state index in [1.54, 1.807) is 12.3 Å². The zero-order valence-corrected chi connectivity index (χ0v) is 19.3. The van der Waals surface area contributed by atoms with Gasteiger partial charge in [0, 0.05) is 29.7 Å². The first-order valence-corrected chi connectivity index (χ1v) is 11.8. The van der Waals surface area contributed by atoms with E-state index in [0.29, 0.717) is 10.0 Å². The smallest absolute Gasteiger partial charge is 0.149 e. The van der Waals surface area contributed by atoms with Gasteiger partial charge in [0.25, 0.3) is 0 Å². The van der Waals surface area contributed by atoms with Gasteiger partial charge in [-0.3, -0.25) is 4.98 Å². The third-order valence-electron chi connectivity index (χ3n) is 6.40. The zero-order valence-electron chi connectivity index (χ0n) is 17.8. The summed E-state index contributed by atoms with van der Waals surface area (Å²) in [4.78, 5) is 14.2. The molecule has 4 rings (SSSR count). The number of halogens is 2. The lowest BCUT2D eigenvalue weighted by Crippen LogP contribution is -2.53. The molecule has 2 aliphatic rings. The monoisotopic (exact) mass is 447 g/mol. The second-order valence-corrected chi connectivity index (χ2v) is 9.51. The predicted octanol–water partition coefficient (Wildman–Crippen LogP) is 5.51. The molecule has 1 aromatic carbocycles. The minimum atomic E-state index is 0.00948. The Bertz CT molecular complexity index is 853. The lowest BCUT2D eigenvalue weighted by molar-refractivity contribution is 0.120. The largest absolute Gasteiger partial charge is 0.362 e. The van der Waals surface area contributed by atoms with E-state index in [2.05, 4.69) is 33.9 Å². The van der Waals surface area contributed by atoms with Crippen molar-refractivity contribution in [2.24, 2.45) is 11.8 Å². The van der Waals surface area contributed by atoms with Crippen molar-refractivity contribution in [3.63, 3.8) is 0 Å². The summed E-state index contributed by atoms with van der Waals surface area (Å²) in [6.07, 6.45) is 7.59. The fourth-order valence-corrected chi connectivity index (χ4v) is 5.30. The fraction of sp³-hybridized carbons (Fsp3) is 0.565. The molecule has 0 spiro atoms. The SMILES string of the molecule is CCCN1CCCC(C2CN(c3cncc(NC(C)c4ccc(Cl)cc4Cl)n3)C2)C1. The predicted molar refractivity (Wildman–Crippen MR) is 126 cm³/mol. The molecule has 2 fully saturated rings. The van der Waals surface area contributed by atoms with E-state index in [1.165, 1.54) is 38.9 Å². The van der Waals surface area contributed by atoms with Crippen LogP contribution in [-0.4, -0.2) is 47.6 Å². The molecule has 162 valence electrons. The van der Waals surface area contributed by atoms with E-state index < -0.39 is 0 Å². The number of aromatic nitrogens is 2. The Hall–Kier alpha value is -1.56. The number of rotatable bonds is 7. The molecule has 5 nitrogen and oxygen atoms in total. The maximum absolute atomic E-state index is 6.35. The van der Waals surface area contributed by atoms with Gasteiger partial charge in [-0.2, -0.15) is 0 Å². The van der Waals surface area contributed by atoms with Crippen molar-refractivity contribution < 1.29 is 0 Å². The molecule has 2 unspecified atom stereocenters. The normalized spacial score (nSPS) is 21.3.